The molecule has 1 fully saturated rings. The molecule has 2 atom stereocenters. The Balaban J connectivity index is 2.05. The molecule has 0 unspecified atom stereocenters. The first-order chi connectivity index (χ1) is 9.79. The molecule has 2 heterocycles. The first kappa shape index (κ1) is 16.9. The summed E-state index contributed by atoms with van der Waals surface area (Å²) in [5.74, 6) is 0.797. The van der Waals surface area contributed by atoms with Gasteiger partial charge in [0.1, 0.15) is 0 Å². The summed E-state index contributed by atoms with van der Waals surface area (Å²) in [6.07, 6.45) is 0. The maximum absolute atomic E-state index is 12.1. The van der Waals surface area contributed by atoms with Crippen molar-refractivity contribution >= 4 is 21.5 Å². The van der Waals surface area contributed by atoms with Crippen molar-refractivity contribution in [1.82, 2.24) is 13.9 Å². The van der Waals surface area contributed by atoms with Crippen molar-refractivity contribution in [2.24, 2.45) is 11.8 Å². The van der Waals surface area contributed by atoms with Crippen LogP contribution in [0.15, 0.2) is 16.8 Å². The first-order valence-electron chi connectivity index (χ1n) is 7.23. The van der Waals surface area contributed by atoms with E-state index in [1.54, 1.807) is 25.4 Å². The summed E-state index contributed by atoms with van der Waals surface area (Å²) in [4.78, 5) is 2.34. The number of nitrogens with zero attached hydrogens (tertiary/aromatic N) is 2. The lowest BCUT2D eigenvalue weighted by Gasteiger charge is -2.24. The van der Waals surface area contributed by atoms with E-state index in [0.29, 0.717) is 11.8 Å². The van der Waals surface area contributed by atoms with Crippen LogP contribution in [0.3, 0.4) is 0 Å². The van der Waals surface area contributed by atoms with Crippen LogP contribution in [-0.4, -0.2) is 50.8 Å². The average Bonchev–Trinajstić information content (AvgIpc) is 2.99. The molecule has 120 valence electrons. The molecule has 0 bridgehead atoms. The van der Waals surface area contributed by atoms with Crippen molar-refractivity contribution in [3.8, 4) is 0 Å². The molecule has 0 amide bonds. The predicted molar refractivity (Wildman–Crippen MR) is 87.5 cm³/mol. The van der Waals surface area contributed by atoms with Crippen LogP contribution in [0.4, 0.5) is 0 Å². The fourth-order valence-corrected chi connectivity index (χ4v) is 4.28. The molecule has 7 heteroatoms. The molecule has 0 radical (unpaired) electrons. The third kappa shape index (κ3) is 4.26. The smallest absolute Gasteiger partial charge is 0.279 e. The summed E-state index contributed by atoms with van der Waals surface area (Å²) in [5.41, 5.74) is 1.30. The third-order valence-corrected chi connectivity index (χ3v) is 6.36. The molecule has 0 aliphatic carbocycles. The molecule has 5 nitrogen and oxygen atoms in total. The van der Waals surface area contributed by atoms with E-state index >= 15 is 0 Å². The second-order valence-corrected chi connectivity index (χ2v) is 8.94. The highest BCUT2D eigenvalue weighted by atomic mass is 32.2. The summed E-state index contributed by atoms with van der Waals surface area (Å²) in [6, 6.07) is 2.11. The quantitative estimate of drug-likeness (QED) is 0.861. The van der Waals surface area contributed by atoms with Crippen molar-refractivity contribution in [3.63, 3.8) is 0 Å². The topological polar surface area (TPSA) is 52.7 Å². The van der Waals surface area contributed by atoms with E-state index in [-0.39, 0.29) is 6.04 Å². The number of nitrogens with one attached hydrogen (secondary N) is 1. The number of hydrogen-bond acceptors (Lipinski definition) is 4. The highest BCUT2D eigenvalue weighted by Crippen LogP contribution is 2.26. The zero-order valence-corrected chi connectivity index (χ0v) is 14.7. The molecule has 0 spiro atoms. The van der Waals surface area contributed by atoms with Gasteiger partial charge in [0.05, 0.1) is 0 Å². The van der Waals surface area contributed by atoms with Gasteiger partial charge in [-0.2, -0.15) is 28.8 Å². The van der Waals surface area contributed by atoms with Crippen molar-refractivity contribution in [2.75, 3.05) is 27.2 Å². The average molecular weight is 332 g/mol. The second-order valence-electron chi connectivity index (χ2n) is 6.25. The van der Waals surface area contributed by atoms with Gasteiger partial charge in [-0.3, -0.25) is 4.90 Å². The fraction of sp³-hybridized carbons (Fsp3) is 0.714. The Kier molecular flexibility index (Phi) is 5.43. The predicted octanol–water partition coefficient (Wildman–Crippen LogP) is 1.60. The van der Waals surface area contributed by atoms with Crippen molar-refractivity contribution in [2.45, 2.75) is 26.4 Å². The lowest BCUT2D eigenvalue weighted by Crippen LogP contribution is -2.46. The van der Waals surface area contributed by atoms with Crippen LogP contribution in [0.1, 0.15) is 19.4 Å². The zero-order chi connectivity index (χ0) is 15.6. The minimum atomic E-state index is -3.37. The SMILES string of the molecule is CC(C)[C@@H]1CN(Cc2ccsc2)C[C@H]1NS(=O)(=O)N(C)C. The number of hydrogen-bond donors (Lipinski definition) is 1. The van der Waals surface area contributed by atoms with Gasteiger partial charge in [0, 0.05) is 39.8 Å². The van der Waals surface area contributed by atoms with Crippen LogP contribution in [0.5, 0.6) is 0 Å². The van der Waals surface area contributed by atoms with Gasteiger partial charge in [-0.05, 0) is 34.2 Å². The Morgan fingerprint density at radius 2 is 2.14 bits per heavy atom. The van der Waals surface area contributed by atoms with E-state index in [1.165, 1.54) is 9.87 Å². The number of thiophene rings is 1. The zero-order valence-electron chi connectivity index (χ0n) is 13.1. The van der Waals surface area contributed by atoms with Gasteiger partial charge in [-0.15, -0.1) is 0 Å². The molecule has 1 saturated heterocycles. The first-order valence-corrected chi connectivity index (χ1v) is 9.61. The summed E-state index contributed by atoms with van der Waals surface area (Å²) in [6.45, 7) is 6.93. The highest BCUT2D eigenvalue weighted by Gasteiger charge is 2.37. The molecule has 2 rings (SSSR count). The fourth-order valence-electron chi connectivity index (χ4n) is 2.78. The van der Waals surface area contributed by atoms with Crippen LogP contribution in [0, 0.1) is 11.8 Å². The minimum absolute atomic E-state index is 0.0176. The van der Waals surface area contributed by atoms with Crippen LogP contribution < -0.4 is 4.72 Å². The molecule has 1 aliphatic heterocycles. The Labute approximate surface area is 132 Å². The van der Waals surface area contributed by atoms with E-state index in [2.05, 4.69) is 40.3 Å². The highest BCUT2D eigenvalue weighted by molar-refractivity contribution is 7.87. The van der Waals surface area contributed by atoms with E-state index in [0.717, 1.165) is 19.6 Å². The van der Waals surface area contributed by atoms with Gasteiger partial charge < -0.3 is 0 Å². The van der Waals surface area contributed by atoms with Gasteiger partial charge in [0.2, 0.25) is 0 Å². The summed E-state index contributed by atoms with van der Waals surface area (Å²) >= 11 is 1.70. The Morgan fingerprint density at radius 1 is 1.43 bits per heavy atom. The second kappa shape index (κ2) is 6.75. The van der Waals surface area contributed by atoms with Crippen molar-refractivity contribution in [3.05, 3.63) is 22.4 Å². The molecular weight excluding hydrogens is 306 g/mol. The molecule has 1 aliphatic rings. The molecular formula is C14H25N3O2S2. The minimum Gasteiger partial charge on any atom is -0.297 e. The molecule has 1 aromatic heterocycles. The molecule has 0 aromatic carbocycles. The molecule has 1 N–H and O–H groups in total. The molecule has 21 heavy (non-hydrogen) atoms. The van der Waals surface area contributed by atoms with Gasteiger partial charge in [0.25, 0.3) is 10.2 Å². The lowest BCUT2D eigenvalue weighted by molar-refractivity contribution is 0.296. The normalized spacial score (nSPS) is 24.3. The summed E-state index contributed by atoms with van der Waals surface area (Å²) in [5, 5.41) is 4.24. The lowest BCUT2D eigenvalue weighted by atomic mass is 9.92. The maximum Gasteiger partial charge on any atom is 0.279 e. The maximum atomic E-state index is 12.1. The largest absolute Gasteiger partial charge is 0.297 e. The summed E-state index contributed by atoms with van der Waals surface area (Å²) in [7, 11) is -0.254. The van der Waals surface area contributed by atoms with Crippen molar-refractivity contribution < 1.29 is 8.42 Å². The van der Waals surface area contributed by atoms with Crippen LogP contribution >= 0.6 is 11.3 Å². The van der Waals surface area contributed by atoms with E-state index < -0.39 is 10.2 Å². The van der Waals surface area contributed by atoms with Gasteiger partial charge in [-0.1, -0.05) is 13.8 Å². The van der Waals surface area contributed by atoms with Gasteiger partial charge >= 0.3 is 0 Å². The Bertz CT molecular complexity index is 541. The molecule has 1 aromatic rings. The van der Waals surface area contributed by atoms with Crippen LogP contribution in [0.25, 0.3) is 0 Å². The Morgan fingerprint density at radius 3 is 2.67 bits per heavy atom. The van der Waals surface area contributed by atoms with Crippen molar-refractivity contribution in [1.29, 1.82) is 0 Å². The summed E-state index contributed by atoms with van der Waals surface area (Å²) < 4.78 is 28.2. The van der Waals surface area contributed by atoms with Crippen LogP contribution in [-0.2, 0) is 16.8 Å². The van der Waals surface area contributed by atoms with Gasteiger partial charge in [-0.25, -0.2) is 0 Å². The monoisotopic (exact) mass is 331 g/mol. The van der Waals surface area contributed by atoms with Gasteiger partial charge in [0.15, 0.2) is 0 Å². The van der Waals surface area contributed by atoms with E-state index in [4.69, 9.17) is 0 Å². The number of rotatable bonds is 6. The standard InChI is InChI=1S/C14H25N3O2S2/c1-11(2)13-8-17(7-12-5-6-20-10-12)9-14(13)15-21(18,19)16(3)4/h5-6,10-11,13-15H,7-9H2,1-4H3/t13-,14+/m0/s1. The van der Waals surface area contributed by atoms with E-state index in [1.807, 2.05) is 0 Å². The Hall–Kier alpha value is -0.470. The van der Waals surface area contributed by atoms with Crippen LogP contribution in [0.2, 0.25) is 0 Å². The molecule has 0 saturated carbocycles. The van der Waals surface area contributed by atoms with E-state index in [9.17, 15) is 8.42 Å². The number of likely N-dealkylation sites (tertiary alicyclic amines) is 1. The third-order valence-electron chi connectivity index (χ3n) is 4.06.